The first-order valence-corrected chi connectivity index (χ1v) is 9.63. The Balaban J connectivity index is 1.60. The van der Waals surface area contributed by atoms with Crippen molar-refractivity contribution in [2.75, 3.05) is 7.11 Å². The fraction of sp³-hybridized carbons (Fsp3) is 0.182. The fourth-order valence-corrected chi connectivity index (χ4v) is 3.97. The molecule has 0 amide bonds. The van der Waals surface area contributed by atoms with E-state index in [1.807, 2.05) is 60.8 Å². The minimum Gasteiger partial charge on any atom is -0.497 e. The van der Waals surface area contributed by atoms with Crippen molar-refractivity contribution in [3.05, 3.63) is 81.3 Å². The van der Waals surface area contributed by atoms with Gasteiger partial charge in [0.2, 0.25) is 0 Å². The lowest BCUT2D eigenvalue weighted by molar-refractivity contribution is 0.414. The number of aryl methyl sites for hydroxylation is 3. The Hall–Kier alpha value is -2.92. The van der Waals surface area contributed by atoms with E-state index in [1.165, 1.54) is 16.9 Å². The third kappa shape index (κ3) is 3.64. The molecule has 0 spiro atoms. The van der Waals surface area contributed by atoms with E-state index in [9.17, 15) is 4.79 Å². The largest absolute Gasteiger partial charge is 0.497 e. The molecule has 136 valence electrons. The molecule has 0 aliphatic rings. The maximum Gasteiger partial charge on any atom is 0.348 e. The van der Waals surface area contributed by atoms with Crippen molar-refractivity contribution in [2.45, 2.75) is 19.8 Å². The Bertz CT molecular complexity index is 1130. The van der Waals surface area contributed by atoms with Gasteiger partial charge < -0.3 is 9.15 Å². The summed E-state index contributed by atoms with van der Waals surface area (Å²) in [7, 11) is 1.65. The molecule has 27 heavy (non-hydrogen) atoms. The van der Waals surface area contributed by atoms with E-state index in [1.54, 1.807) is 7.11 Å². The normalized spacial score (nSPS) is 11.0. The molecule has 0 saturated carbocycles. The third-order valence-electron chi connectivity index (χ3n) is 4.56. The van der Waals surface area contributed by atoms with Gasteiger partial charge in [0, 0.05) is 17.4 Å². The first kappa shape index (κ1) is 17.5. The van der Waals surface area contributed by atoms with Crippen molar-refractivity contribution in [2.24, 2.45) is 0 Å². The maximum atomic E-state index is 12.6. The number of aromatic nitrogens is 1. The summed E-state index contributed by atoms with van der Waals surface area (Å²) in [5.41, 5.74) is 3.91. The first-order valence-electron chi connectivity index (χ1n) is 8.75. The third-order valence-corrected chi connectivity index (χ3v) is 5.43. The Morgan fingerprint density at radius 3 is 2.48 bits per heavy atom. The summed E-state index contributed by atoms with van der Waals surface area (Å²) in [4.78, 5) is 17.9. The number of fused-ring (bicyclic) bond motifs is 1. The average molecular weight is 377 g/mol. The molecule has 0 aliphatic carbocycles. The molecule has 2 aromatic carbocycles. The second kappa shape index (κ2) is 7.37. The van der Waals surface area contributed by atoms with Gasteiger partial charge in [0.15, 0.2) is 5.89 Å². The number of methoxy groups -OCH3 is 1. The lowest BCUT2D eigenvalue weighted by Gasteiger charge is -2.03. The molecule has 4 aromatic rings. The van der Waals surface area contributed by atoms with E-state index in [0.717, 1.165) is 33.7 Å². The van der Waals surface area contributed by atoms with E-state index in [0.29, 0.717) is 17.7 Å². The monoisotopic (exact) mass is 377 g/mol. The van der Waals surface area contributed by atoms with Crippen LogP contribution in [-0.4, -0.2) is 12.1 Å². The van der Waals surface area contributed by atoms with E-state index < -0.39 is 0 Å². The van der Waals surface area contributed by atoms with Crippen molar-refractivity contribution in [1.82, 2.24) is 4.98 Å². The van der Waals surface area contributed by atoms with Gasteiger partial charge in [-0.05, 0) is 36.6 Å². The zero-order valence-corrected chi connectivity index (χ0v) is 16.0. The number of nitrogens with zero attached hydrogens (tertiary/aromatic N) is 1. The Morgan fingerprint density at radius 2 is 1.78 bits per heavy atom. The zero-order chi connectivity index (χ0) is 18.8. The Labute approximate surface area is 161 Å². The number of thiophene rings is 1. The number of benzene rings is 2. The smallest absolute Gasteiger partial charge is 0.348 e. The Morgan fingerprint density at radius 1 is 1.04 bits per heavy atom. The van der Waals surface area contributed by atoms with Crippen molar-refractivity contribution < 1.29 is 9.15 Å². The average Bonchev–Trinajstić information content (AvgIpc) is 3.12. The highest BCUT2D eigenvalue weighted by atomic mass is 32.1. The van der Waals surface area contributed by atoms with E-state index in [4.69, 9.17) is 9.15 Å². The van der Waals surface area contributed by atoms with Crippen LogP contribution in [0.5, 0.6) is 5.75 Å². The second-order valence-corrected chi connectivity index (χ2v) is 7.30. The van der Waals surface area contributed by atoms with Gasteiger partial charge in [-0.15, -0.1) is 11.3 Å². The van der Waals surface area contributed by atoms with E-state index in [-0.39, 0.29) is 5.63 Å². The van der Waals surface area contributed by atoms with Crippen molar-refractivity contribution in [3.8, 4) is 16.9 Å². The molecule has 0 saturated heterocycles. The van der Waals surface area contributed by atoms with Gasteiger partial charge in [0.25, 0.3) is 0 Å². The molecule has 5 heteroatoms. The minimum atomic E-state index is -0.318. The molecular formula is C22H19NO3S. The van der Waals surface area contributed by atoms with Crippen molar-refractivity contribution in [3.63, 3.8) is 0 Å². The summed E-state index contributed by atoms with van der Waals surface area (Å²) in [6.45, 7) is 2.04. The van der Waals surface area contributed by atoms with Crippen molar-refractivity contribution >= 4 is 21.6 Å². The molecule has 2 heterocycles. The predicted molar refractivity (Wildman–Crippen MR) is 109 cm³/mol. The molecule has 4 rings (SSSR count). The summed E-state index contributed by atoms with van der Waals surface area (Å²) in [5.74, 6) is 1.30. The highest BCUT2D eigenvalue weighted by Crippen LogP contribution is 2.31. The molecule has 0 atom stereocenters. The van der Waals surface area contributed by atoms with Crippen LogP contribution in [0.3, 0.4) is 0 Å². The first-order chi connectivity index (χ1) is 13.1. The SMILES string of the molecule is COc1ccc(CCc2nc3scc(-c4ccc(C)cc4)c3c(=O)o2)cc1. The van der Waals surface area contributed by atoms with E-state index >= 15 is 0 Å². The maximum absolute atomic E-state index is 12.6. The summed E-state index contributed by atoms with van der Waals surface area (Å²) < 4.78 is 10.7. The predicted octanol–water partition coefficient (Wildman–Crippen LogP) is 5.02. The molecule has 0 unspecified atom stereocenters. The van der Waals surface area contributed by atoms with Crippen LogP contribution in [0.2, 0.25) is 0 Å². The highest BCUT2D eigenvalue weighted by Gasteiger charge is 2.14. The van der Waals surface area contributed by atoms with Crippen LogP contribution in [0, 0.1) is 6.92 Å². The number of hydrogen-bond donors (Lipinski definition) is 0. The molecule has 0 N–H and O–H groups in total. The number of ether oxygens (including phenoxy) is 1. The molecule has 0 fully saturated rings. The standard InChI is InChI=1S/C22H19NO3S/c1-14-3-8-16(9-4-14)18-13-27-21-20(18)22(24)26-19(23-21)12-7-15-5-10-17(25-2)11-6-15/h3-6,8-11,13H,7,12H2,1-2H3. The van der Waals surface area contributed by atoms with Gasteiger partial charge in [-0.2, -0.15) is 0 Å². The van der Waals surface area contributed by atoms with Gasteiger partial charge in [0.05, 0.1) is 7.11 Å². The van der Waals surface area contributed by atoms with Gasteiger partial charge in [-0.1, -0.05) is 42.0 Å². The molecule has 0 aliphatic heterocycles. The van der Waals surface area contributed by atoms with Crippen molar-refractivity contribution in [1.29, 1.82) is 0 Å². The lowest BCUT2D eigenvalue weighted by Crippen LogP contribution is -2.05. The Kier molecular flexibility index (Phi) is 4.77. The van der Waals surface area contributed by atoms with Crippen LogP contribution >= 0.6 is 11.3 Å². The lowest BCUT2D eigenvalue weighted by atomic mass is 10.1. The zero-order valence-electron chi connectivity index (χ0n) is 15.2. The van der Waals surface area contributed by atoms with Gasteiger partial charge >= 0.3 is 5.63 Å². The van der Waals surface area contributed by atoms with Crippen LogP contribution in [0.4, 0.5) is 0 Å². The second-order valence-electron chi connectivity index (χ2n) is 6.44. The van der Waals surface area contributed by atoms with Crippen LogP contribution in [0.25, 0.3) is 21.3 Å². The van der Waals surface area contributed by atoms with Gasteiger partial charge in [-0.3, -0.25) is 0 Å². The van der Waals surface area contributed by atoms with Crippen LogP contribution in [0.15, 0.2) is 63.1 Å². The topological polar surface area (TPSA) is 52.3 Å². The molecule has 0 bridgehead atoms. The van der Waals surface area contributed by atoms with Crippen LogP contribution in [0.1, 0.15) is 17.0 Å². The molecule has 2 aromatic heterocycles. The van der Waals surface area contributed by atoms with Crippen LogP contribution in [-0.2, 0) is 12.8 Å². The number of rotatable bonds is 5. The summed E-state index contributed by atoms with van der Waals surface area (Å²) in [5, 5.41) is 2.55. The highest BCUT2D eigenvalue weighted by molar-refractivity contribution is 7.17. The van der Waals surface area contributed by atoms with Gasteiger partial charge in [0.1, 0.15) is 16.0 Å². The summed E-state index contributed by atoms with van der Waals surface area (Å²) in [6.07, 6.45) is 1.33. The summed E-state index contributed by atoms with van der Waals surface area (Å²) in [6, 6.07) is 16.0. The molecule has 0 radical (unpaired) electrons. The minimum absolute atomic E-state index is 0.318. The van der Waals surface area contributed by atoms with E-state index in [2.05, 4.69) is 4.98 Å². The number of hydrogen-bond acceptors (Lipinski definition) is 5. The van der Waals surface area contributed by atoms with Gasteiger partial charge in [-0.25, -0.2) is 9.78 Å². The molecule has 4 nitrogen and oxygen atoms in total. The summed E-state index contributed by atoms with van der Waals surface area (Å²) >= 11 is 1.48. The fourth-order valence-electron chi connectivity index (χ4n) is 3.02. The quantitative estimate of drug-likeness (QED) is 0.490. The molecular weight excluding hydrogens is 358 g/mol. The van der Waals surface area contributed by atoms with Crippen LogP contribution < -0.4 is 10.4 Å².